The summed E-state index contributed by atoms with van der Waals surface area (Å²) in [6.45, 7) is 0. The third-order valence-electron chi connectivity index (χ3n) is 1.56. The molecule has 0 heterocycles. The van der Waals surface area contributed by atoms with Crippen LogP contribution in [0.3, 0.4) is 0 Å². The lowest BCUT2D eigenvalue weighted by atomic mass is 10.1. The maximum atomic E-state index is 10.5. The van der Waals surface area contributed by atoms with Crippen LogP contribution in [-0.2, 0) is 0 Å². The number of benzene rings is 1. The van der Waals surface area contributed by atoms with Gasteiger partial charge in [-0.15, -0.1) is 0 Å². The maximum absolute atomic E-state index is 10.5. The van der Waals surface area contributed by atoms with Crippen LogP contribution in [0.15, 0.2) is 18.2 Å². The molecular weight excluding hydrogens is 192 g/mol. The Kier molecular flexibility index (Phi) is 2.63. The number of hydrogen-bond donors (Lipinski definition) is 3. The zero-order chi connectivity index (χ0) is 10.7. The summed E-state index contributed by atoms with van der Waals surface area (Å²) in [7, 11) is 0. The summed E-state index contributed by atoms with van der Waals surface area (Å²) in [6, 6.07) is 3.02. The first-order valence-electron chi connectivity index (χ1n) is 3.48. The van der Waals surface area contributed by atoms with Gasteiger partial charge in [-0.2, -0.15) is 0 Å². The monoisotopic (exact) mass is 198 g/mol. The Labute approximate surface area is 77.7 Å². The van der Waals surface area contributed by atoms with Crippen molar-refractivity contribution in [1.29, 1.82) is 0 Å². The number of nitrogens with zero attached hydrogens (tertiary/aromatic N) is 1. The second kappa shape index (κ2) is 3.71. The summed E-state index contributed by atoms with van der Waals surface area (Å²) in [5, 5.41) is 27.4. The Balaban J connectivity index is 3.25. The highest BCUT2D eigenvalue weighted by molar-refractivity contribution is 5.94. The van der Waals surface area contributed by atoms with E-state index in [1.54, 1.807) is 5.48 Å². The van der Waals surface area contributed by atoms with Crippen LogP contribution in [0.2, 0.25) is 0 Å². The highest BCUT2D eigenvalue weighted by Gasteiger charge is 2.14. The molecule has 74 valence electrons. The van der Waals surface area contributed by atoms with Gasteiger partial charge in [-0.3, -0.25) is 20.8 Å². The average molecular weight is 198 g/mol. The molecule has 0 unspecified atom stereocenters. The smallest absolute Gasteiger partial charge is 0.337 e. The summed E-state index contributed by atoms with van der Waals surface area (Å²) in [5.74, 6) is -1.28. The predicted molar refractivity (Wildman–Crippen MR) is 45.5 cm³/mol. The van der Waals surface area contributed by atoms with Crippen molar-refractivity contribution >= 4 is 17.3 Å². The van der Waals surface area contributed by atoms with E-state index in [1.165, 1.54) is 0 Å². The van der Waals surface area contributed by atoms with E-state index >= 15 is 0 Å². The molecule has 0 radical (unpaired) electrons. The van der Waals surface area contributed by atoms with Gasteiger partial charge in [0.2, 0.25) is 0 Å². The number of carboxylic acids is 1. The molecule has 0 atom stereocenters. The second-order valence-electron chi connectivity index (χ2n) is 2.40. The Hall–Kier alpha value is -2.15. The highest BCUT2D eigenvalue weighted by atomic mass is 16.6. The fourth-order valence-electron chi connectivity index (χ4n) is 0.925. The first-order valence-corrected chi connectivity index (χ1v) is 3.48. The van der Waals surface area contributed by atoms with Gasteiger partial charge in [-0.25, -0.2) is 4.79 Å². The molecule has 1 rings (SSSR count). The largest absolute Gasteiger partial charge is 0.478 e. The molecule has 1 aromatic rings. The minimum Gasteiger partial charge on any atom is -0.478 e. The van der Waals surface area contributed by atoms with Gasteiger partial charge in [0.05, 0.1) is 16.2 Å². The number of nitrogens with one attached hydrogen (secondary N) is 1. The molecule has 0 fully saturated rings. The Bertz CT molecular complexity index is 390. The predicted octanol–water partition coefficient (Wildman–Crippen LogP) is 1.09. The van der Waals surface area contributed by atoms with Crippen LogP contribution < -0.4 is 5.48 Å². The molecule has 0 aromatic heterocycles. The first kappa shape index (κ1) is 9.93. The van der Waals surface area contributed by atoms with Crippen molar-refractivity contribution in [2.24, 2.45) is 0 Å². The van der Waals surface area contributed by atoms with Crippen molar-refractivity contribution < 1.29 is 20.0 Å². The maximum Gasteiger partial charge on any atom is 0.337 e. The molecule has 7 nitrogen and oxygen atoms in total. The van der Waals surface area contributed by atoms with Gasteiger partial charge in [-0.1, -0.05) is 0 Å². The molecule has 0 amide bonds. The van der Waals surface area contributed by atoms with Crippen LogP contribution >= 0.6 is 0 Å². The van der Waals surface area contributed by atoms with Crippen molar-refractivity contribution in [1.82, 2.24) is 0 Å². The lowest BCUT2D eigenvalue weighted by molar-refractivity contribution is -0.384. The SMILES string of the molecule is O=C(O)c1ccc([N+](=O)[O-])cc1NO. The van der Waals surface area contributed by atoms with Crippen LogP contribution in [0.1, 0.15) is 10.4 Å². The molecule has 0 aliphatic carbocycles. The van der Waals surface area contributed by atoms with E-state index < -0.39 is 10.9 Å². The van der Waals surface area contributed by atoms with Gasteiger partial charge in [0, 0.05) is 12.1 Å². The number of rotatable bonds is 3. The number of aromatic carboxylic acids is 1. The molecule has 0 aliphatic heterocycles. The van der Waals surface area contributed by atoms with Crippen molar-refractivity contribution in [2.45, 2.75) is 0 Å². The lowest BCUT2D eigenvalue weighted by Crippen LogP contribution is -2.03. The van der Waals surface area contributed by atoms with Crippen molar-refractivity contribution in [3.8, 4) is 0 Å². The highest BCUT2D eigenvalue weighted by Crippen LogP contribution is 2.21. The summed E-state index contributed by atoms with van der Waals surface area (Å²) in [4.78, 5) is 20.2. The van der Waals surface area contributed by atoms with Gasteiger partial charge < -0.3 is 5.11 Å². The summed E-state index contributed by atoms with van der Waals surface area (Å²) >= 11 is 0. The van der Waals surface area contributed by atoms with Crippen LogP contribution in [0, 0.1) is 10.1 Å². The van der Waals surface area contributed by atoms with Gasteiger partial charge in [0.1, 0.15) is 0 Å². The van der Waals surface area contributed by atoms with E-state index in [-0.39, 0.29) is 16.9 Å². The van der Waals surface area contributed by atoms with Gasteiger partial charge in [0.15, 0.2) is 0 Å². The quantitative estimate of drug-likeness (QED) is 0.495. The Morgan fingerprint density at radius 2 is 2.14 bits per heavy atom. The number of nitro groups is 1. The van der Waals surface area contributed by atoms with Crippen LogP contribution in [-0.4, -0.2) is 21.2 Å². The summed E-state index contributed by atoms with van der Waals surface area (Å²) < 4.78 is 0. The second-order valence-corrected chi connectivity index (χ2v) is 2.40. The molecule has 0 bridgehead atoms. The zero-order valence-electron chi connectivity index (χ0n) is 6.80. The number of anilines is 1. The zero-order valence-corrected chi connectivity index (χ0v) is 6.80. The number of hydrogen-bond acceptors (Lipinski definition) is 5. The molecule has 0 spiro atoms. The number of non-ortho nitro benzene ring substituents is 1. The Morgan fingerprint density at radius 1 is 1.50 bits per heavy atom. The van der Waals surface area contributed by atoms with E-state index in [1.807, 2.05) is 0 Å². The molecular formula is C7H6N2O5. The first-order chi connectivity index (χ1) is 6.56. The summed E-state index contributed by atoms with van der Waals surface area (Å²) in [5.41, 5.74) is 0.834. The molecule has 0 saturated carbocycles. The van der Waals surface area contributed by atoms with Crippen molar-refractivity contribution in [3.05, 3.63) is 33.9 Å². The third-order valence-corrected chi connectivity index (χ3v) is 1.56. The standard InChI is InChI=1S/C7H6N2O5/c10-7(11)5-2-1-4(9(13)14)3-6(5)8-12/h1-3,8,12H,(H,10,11). The van der Waals surface area contributed by atoms with E-state index in [9.17, 15) is 14.9 Å². The normalized spacial score (nSPS) is 9.50. The topological polar surface area (TPSA) is 113 Å². The minimum atomic E-state index is -1.28. The number of carbonyl (C=O) groups is 1. The van der Waals surface area contributed by atoms with Crippen LogP contribution in [0.5, 0.6) is 0 Å². The minimum absolute atomic E-state index is 0.216. The third kappa shape index (κ3) is 1.77. The van der Waals surface area contributed by atoms with Crippen LogP contribution in [0.4, 0.5) is 11.4 Å². The van der Waals surface area contributed by atoms with E-state index in [4.69, 9.17) is 10.3 Å². The average Bonchev–Trinajstić information content (AvgIpc) is 2.16. The molecule has 0 aliphatic rings. The van der Waals surface area contributed by atoms with Gasteiger partial charge >= 0.3 is 5.97 Å². The van der Waals surface area contributed by atoms with E-state index in [0.717, 1.165) is 18.2 Å². The van der Waals surface area contributed by atoms with Gasteiger partial charge in [0.25, 0.3) is 5.69 Å². The fraction of sp³-hybridized carbons (Fsp3) is 0. The molecule has 1 aromatic carbocycles. The number of nitro benzene ring substituents is 1. The lowest BCUT2D eigenvalue weighted by Gasteiger charge is -2.02. The Morgan fingerprint density at radius 3 is 2.57 bits per heavy atom. The van der Waals surface area contributed by atoms with E-state index in [2.05, 4.69) is 0 Å². The molecule has 0 saturated heterocycles. The number of carboxylic acid groups (broad SMARTS) is 1. The molecule has 14 heavy (non-hydrogen) atoms. The fourth-order valence-corrected chi connectivity index (χ4v) is 0.925. The van der Waals surface area contributed by atoms with Crippen molar-refractivity contribution in [3.63, 3.8) is 0 Å². The van der Waals surface area contributed by atoms with E-state index in [0.29, 0.717) is 0 Å². The van der Waals surface area contributed by atoms with Crippen LogP contribution in [0.25, 0.3) is 0 Å². The molecule has 3 N–H and O–H groups in total. The summed E-state index contributed by atoms with van der Waals surface area (Å²) in [6.07, 6.45) is 0. The van der Waals surface area contributed by atoms with Gasteiger partial charge in [-0.05, 0) is 6.07 Å². The molecule has 7 heteroatoms. The van der Waals surface area contributed by atoms with Crippen molar-refractivity contribution in [2.75, 3.05) is 5.48 Å².